The smallest absolute Gasteiger partial charge is 0.240 e. The summed E-state index contributed by atoms with van der Waals surface area (Å²) in [4.78, 5) is 22.1. The molecule has 0 aliphatic carbocycles. The zero-order valence-corrected chi connectivity index (χ0v) is 14.8. The number of amides is 1. The van der Waals surface area contributed by atoms with E-state index in [1.807, 2.05) is 26.0 Å². The zero-order valence-electron chi connectivity index (χ0n) is 14.0. The van der Waals surface area contributed by atoms with E-state index < -0.39 is 0 Å². The number of piperazine rings is 1. The molecule has 1 saturated heterocycles. The van der Waals surface area contributed by atoms with Crippen LogP contribution < -0.4 is 10.2 Å². The van der Waals surface area contributed by atoms with Crippen molar-refractivity contribution < 1.29 is 9.90 Å². The van der Waals surface area contributed by atoms with E-state index in [1.54, 1.807) is 12.1 Å². The molecule has 0 atom stereocenters. The highest BCUT2D eigenvalue weighted by Gasteiger charge is 2.19. The van der Waals surface area contributed by atoms with Crippen LogP contribution in [0, 0.1) is 13.8 Å². The zero-order chi connectivity index (χ0) is 17.1. The number of carbonyl (C=O) groups excluding carboxylic acids is 1. The first-order chi connectivity index (χ1) is 11.5. The van der Waals surface area contributed by atoms with Gasteiger partial charge >= 0.3 is 0 Å². The number of nitrogens with zero attached hydrogens (tertiary/aromatic N) is 3. The third kappa shape index (κ3) is 4.04. The Labute approximate surface area is 145 Å². The molecule has 0 unspecified atom stereocenters. The molecule has 0 saturated carbocycles. The molecule has 6 nitrogen and oxygen atoms in total. The molecule has 1 fully saturated rings. The average Bonchev–Trinajstić information content (AvgIpc) is 2.86. The second-order valence-electron chi connectivity index (χ2n) is 5.99. The minimum Gasteiger partial charge on any atom is -0.508 e. The molecule has 7 heteroatoms. The molecule has 2 N–H and O–H groups in total. The van der Waals surface area contributed by atoms with Gasteiger partial charge in [0.2, 0.25) is 5.91 Å². The van der Waals surface area contributed by atoms with Gasteiger partial charge in [-0.1, -0.05) is 0 Å². The van der Waals surface area contributed by atoms with Crippen LogP contribution in [-0.4, -0.2) is 53.6 Å². The molecular formula is C17H22N4O2S. The molecule has 3 rings (SSSR count). The van der Waals surface area contributed by atoms with Crippen molar-refractivity contribution in [1.82, 2.24) is 9.88 Å². The number of phenols is 1. The number of anilines is 2. The highest BCUT2D eigenvalue weighted by molar-refractivity contribution is 7.15. The number of benzene rings is 1. The molecule has 1 aliphatic heterocycles. The number of nitrogens with one attached hydrogen (secondary N) is 1. The Balaban J connectivity index is 1.48. The predicted octanol–water partition coefficient (Wildman–Crippen LogP) is 2.23. The number of phenolic OH excluding ortho intramolecular Hbond substituents is 1. The number of carbonyl (C=O) groups is 1. The number of rotatable bonds is 4. The van der Waals surface area contributed by atoms with Gasteiger partial charge < -0.3 is 15.3 Å². The number of aromatic hydroxyl groups is 1. The molecule has 0 spiro atoms. The molecule has 0 radical (unpaired) electrons. The summed E-state index contributed by atoms with van der Waals surface area (Å²) >= 11 is 1.51. The van der Waals surface area contributed by atoms with Crippen LogP contribution >= 0.6 is 11.3 Å². The van der Waals surface area contributed by atoms with Crippen molar-refractivity contribution >= 4 is 28.1 Å². The number of aryl methyl sites for hydroxylation is 2. The maximum absolute atomic E-state index is 12.2. The number of aromatic nitrogens is 1. The van der Waals surface area contributed by atoms with Crippen LogP contribution in [0.4, 0.5) is 10.8 Å². The summed E-state index contributed by atoms with van der Waals surface area (Å²) in [5.74, 6) is 0.267. The maximum atomic E-state index is 12.2. The molecule has 2 heterocycles. The second kappa shape index (κ2) is 7.19. The van der Waals surface area contributed by atoms with Gasteiger partial charge in [-0.3, -0.25) is 9.69 Å². The first-order valence-electron chi connectivity index (χ1n) is 8.01. The quantitative estimate of drug-likeness (QED) is 0.888. The van der Waals surface area contributed by atoms with E-state index in [0.717, 1.165) is 42.4 Å². The Morgan fingerprint density at radius 2 is 1.88 bits per heavy atom. The van der Waals surface area contributed by atoms with Crippen LogP contribution in [0.3, 0.4) is 0 Å². The highest BCUT2D eigenvalue weighted by atomic mass is 32.1. The van der Waals surface area contributed by atoms with Gasteiger partial charge in [0.05, 0.1) is 12.2 Å². The van der Waals surface area contributed by atoms with Crippen LogP contribution in [0.1, 0.15) is 10.6 Å². The summed E-state index contributed by atoms with van der Waals surface area (Å²) in [7, 11) is 0. The lowest BCUT2D eigenvalue weighted by Crippen LogP contribution is -2.48. The summed E-state index contributed by atoms with van der Waals surface area (Å²) in [5, 5.41) is 12.9. The second-order valence-corrected chi connectivity index (χ2v) is 7.19. The fourth-order valence-corrected chi connectivity index (χ4v) is 3.55. The SMILES string of the molecule is Cc1nc(NC(=O)CN2CCN(c3ccc(O)cc3)CC2)sc1C. The van der Waals surface area contributed by atoms with Crippen molar-refractivity contribution in [2.75, 3.05) is 42.9 Å². The molecule has 1 aliphatic rings. The number of hydrogen-bond acceptors (Lipinski definition) is 6. The minimum absolute atomic E-state index is 0.0122. The largest absolute Gasteiger partial charge is 0.508 e. The summed E-state index contributed by atoms with van der Waals surface area (Å²) < 4.78 is 0. The number of hydrogen-bond donors (Lipinski definition) is 2. The van der Waals surface area contributed by atoms with E-state index in [9.17, 15) is 9.90 Å². The van der Waals surface area contributed by atoms with Crippen LogP contribution in [0.15, 0.2) is 24.3 Å². The summed E-state index contributed by atoms with van der Waals surface area (Å²) in [6, 6.07) is 7.25. The number of thiazole rings is 1. The lowest BCUT2D eigenvalue weighted by Gasteiger charge is -2.35. The fourth-order valence-electron chi connectivity index (χ4n) is 2.72. The monoisotopic (exact) mass is 346 g/mol. The maximum Gasteiger partial charge on any atom is 0.240 e. The van der Waals surface area contributed by atoms with Crippen molar-refractivity contribution in [2.45, 2.75) is 13.8 Å². The highest BCUT2D eigenvalue weighted by Crippen LogP contribution is 2.21. The summed E-state index contributed by atoms with van der Waals surface area (Å²) in [5.41, 5.74) is 2.07. The van der Waals surface area contributed by atoms with Crippen molar-refractivity contribution in [3.63, 3.8) is 0 Å². The van der Waals surface area contributed by atoms with Crippen LogP contribution in [0.2, 0.25) is 0 Å². The van der Waals surface area contributed by atoms with Crippen molar-refractivity contribution in [3.05, 3.63) is 34.8 Å². The van der Waals surface area contributed by atoms with Crippen LogP contribution in [-0.2, 0) is 4.79 Å². The average molecular weight is 346 g/mol. The van der Waals surface area contributed by atoms with Gasteiger partial charge in [-0.05, 0) is 38.1 Å². The van der Waals surface area contributed by atoms with Gasteiger partial charge in [-0.2, -0.15) is 0 Å². The standard InChI is InChI=1S/C17H22N4O2S/c1-12-13(2)24-17(18-12)19-16(23)11-20-7-9-21(10-8-20)14-3-5-15(22)6-4-14/h3-6,22H,7-11H2,1-2H3,(H,18,19,23). The summed E-state index contributed by atoms with van der Waals surface area (Å²) in [6.45, 7) is 7.76. The predicted molar refractivity (Wildman–Crippen MR) is 97.0 cm³/mol. The van der Waals surface area contributed by atoms with Crippen LogP contribution in [0.5, 0.6) is 5.75 Å². The molecule has 128 valence electrons. The first-order valence-corrected chi connectivity index (χ1v) is 8.83. The topological polar surface area (TPSA) is 68.7 Å². The van der Waals surface area contributed by atoms with Gasteiger partial charge in [0.1, 0.15) is 5.75 Å². The third-order valence-electron chi connectivity index (χ3n) is 4.23. The molecular weight excluding hydrogens is 324 g/mol. The lowest BCUT2D eigenvalue weighted by atomic mass is 10.2. The van der Waals surface area contributed by atoms with Gasteiger partial charge in [0.25, 0.3) is 0 Å². The van der Waals surface area contributed by atoms with Crippen molar-refractivity contribution in [3.8, 4) is 5.75 Å². The minimum atomic E-state index is -0.0122. The van der Waals surface area contributed by atoms with Crippen molar-refractivity contribution in [1.29, 1.82) is 0 Å². The van der Waals surface area contributed by atoms with Gasteiger partial charge in [-0.25, -0.2) is 4.98 Å². The Bertz CT molecular complexity index is 686. The Morgan fingerprint density at radius 1 is 1.21 bits per heavy atom. The summed E-state index contributed by atoms with van der Waals surface area (Å²) in [6.07, 6.45) is 0. The molecule has 0 bridgehead atoms. The van der Waals surface area contributed by atoms with E-state index in [1.165, 1.54) is 11.3 Å². The van der Waals surface area contributed by atoms with Gasteiger partial charge in [0, 0.05) is 36.7 Å². The Hall–Kier alpha value is -2.12. The van der Waals surface area contributed by atoms with Gasteiger partial charge in [-0.15, -0.1) is 11.3 Å². The van der Waals surface area contributed by atoms with Crippen molar-refractivity contribution in [2.24, 2.45) is 0 Å². The normalized spacial score (nSPS) is 15.5. The molecule has 1 aromatic carbocycles. The third-order valence-corrected chi connectivity index (χ3v) is 5.22. The van der Waals surface area contributed by atoms with E-state index in [4.69, 9.17) is 0 Å². The molecule has 2 aromatic rings. The fraction of sp³-hybridized carbons (Fsp3) is 0.412. The van der Waals surface area contributed by atoms with E-state index >= 15 is 0 Å². The first kappa shape index (κ1) is 16.7. The Morgan fingerprint density at radius 3 is 2.46 bits per heavy atom. The molecule has 1 amide bonds. The van der Waals surface area contributed by atoms with E-state index in [0.29, 0.717) is 11.7 Å². The molecule has 1 aromatic heterocycles. The Kier molecular flexibility index (Phi) is 5.01. The van der Waals surface area contributed by atoms with E-state index in [2.05, 4.69) is 20.1 Å². The van der Waals surface area contributed by atoms with Crippen LogP contribution in [0.25, 0.3) is 0 Å². The molecule has 24 heavy (non-hydrogen) atoms. The van der Waals surface area contributed by atoms with Gasteiger partial charge in [0.15, 0.2) is 5.13 Å². The lowest BCUT2D eigenvalue weighted by molar-refractivity contribution is -0.117. The van der Waals surface area contributed by atoms with E-state index in [-0.39, 0.29) is 11.7 Å².